The number of aryl methyl sites for hydroxylation is 1. The zero-order valence-electron chi connectivity index (χ0n) is 7.54. The molecule has 0 saturated heterocycles. The minimum Gasteiger partial charge on any atom is -0.392 e. The molecular weight excluding hydrogens is 148 g/mol. The van der Waals surface area contributed by atoms with E-state index >= 15 is 0 Å². The molecule has 0 bridgehead atoms. The molecule has 0 aromatic heterocycles. The first-order valence-corrected chi connectivity index (χ1v) is 4.09. The Bertz CT molecular complexity index is 287. The number of hydrogen-bond acceptors (Lipinski definition) is 1. The van der Waals surface area contributed by atoms with Crippen LogP contribution in [0.3, 0.4) is 0 Å². The summed E-state index contributed by atoms with van der Waals surface area (Å²) in [5.74, 6) is 0. The highest BCUT2D eigenvalue weighted by Gasteiger charge is 1.95. The molecule has 0 saturated carbocycles. The van der Waals surface area contributed by atoms with E-state index in [1.165, 1.54) is 16.7 Å². The Balaban J connectivity index is 3.00. The van der Waals surface area contributed by atoms with Gasteiger partial charge in [0.1, 0.15) is 0 Å². The molecule has 0 radical (unpaired) electrons. The lowest BCUT2D eigenvalue weighted by Crippen LogP contribution is -1.84. The molecule has 1 rings (SSSR count). The van der Waals surface area contributed by atoms with Crippen molar-refractivity contribution in [3.63, 3.8) is 0 Å². The molecular formula is C11H14O. The van der Waals surface area contributed by atoms with Gasteiger partial charge >= 0.3 is 0 Å². The minimum atomic E-state index is 0.105. The Morgan fingerprint density at radius 3 is 2.75 bits per heavy atom. The summed E-state index contributed by atoms with van der Waals surface area (Å²) in [7, 11) is 0. The first kappa shape index (κ1) is 9.01. The fraction of sp³-hybridized carbons (Fsp3) is 0.273. The average molecular weight is 162 g/mol. The third kappa shape index (κ3) is 1.95. The molecule has 0 heterocycles. The van der Waals surface area contributed by atoms with Crippen LogP contribution in [-0.2, 0) is 0 Å². The van der Waals surface area contributed by atoms with Crippen molar-refractivity contribution in [2.75, 3.05) is 6.61 Å². The van der Waals surface area contributed by atoms with Crippen molar-refractivity contribution in [3.8, 4) is 0 Å². The Kier molecular flexibility index (Phi) is 3.06. The zero-order valence-corrected chi connectivity index (χ0v) is 7.54. The Morgan fingerprint density at radius 1 is 1.33 bits per heavy atom. The number of benzene rings is 1. The molecule has 0 aliphatic rings. The minimum absolute atomic E-state index is 0.105. The monoisotopic (exact) mass is 162 g/mol. The second kappa shape index (κ2) is 4.07. The topological polar surface area (TPSA) is 20.2 Å². The number of aliphatic hydroxyl groups excluding tert-OH is 1. The molecule has 0 amide bonds. The quantitative estimate of drug-likeness (QED) is 0.707. The summed E-state index contributed by atoms with van der Waals surface area (Å²) in [4.78, 5) is 0. The van der Waals surface area contributed by atoms with E-state index < -0.39 is 0 Å². The summed E-state index contributed by atoms with van der Waals surface area (Å²) in [6.45, 7) is 4.28. The van der Waals surface area contributed by atoms with Crippen LogP contribution in [0.15, 0.2) is 24.3 Å². The lowest BCUT2D eigenvalue weighted by molar-refractivity contribution is 0.343. The van der Waals surface area contributed by atoms with Crippen LogP contribution in [0.25, 0.3) is 6.08 Å². The van der Waals surface area contributed by atoms with Gasteiger partial charge in [0, 0.05) is 0 Å². The number of rotatable bonds is 2. The van der Waals surface area contributed by atoms with Gasteiger partial charge in [0.25, 0.3) is 0 Å². The third-order valence-electron chi connectivity index (χ3n) is 2.05. The molecule has 64 valence electrons. The van der Waals surface area contributed by atoms with Gasteiger partial charge in [-0.1, -0.05) is 30.4 Å². The molecule has 0 fully saturated rings. The normalized spacial score (nSPS) is 10.9. The van der Waals surface area contributed by atoms with Gasteiger partial charge in [-0.25, -0.2) is 0 Å². The maximum absolute atomic E-state index is 8.60. The summed E-state index contributed by atoms with van der Waals surface area (Å²) in [5, 5.41) is 8.60. The van der Waals surface area contributed by atoms with E-state index in [0.717, 1.165) is 0 Å². The summed E-state index contributed by atoms with van der Waals surface area (Å²) < 4.78 is 0. The fourth-order valence-electron chi connectivity index (χ4n) is 1.13. The number of aliphatic hydroxyl groups is 1. The van der Waals surface area contributed by atoms with E-state index in [-0.39, 0.29) is 6.61 Å². The summed E-state index contributed by atoms with van der Waals surface area (Å²) in [6, 6.07) is 6.17. The molecule has 1 aromatic carbocycles. The van der Waals surface area contributed by atoms with Gasteiger partial charge in [0.05, 0.1) is 6.61 Å². The SMILES string of the molecule is Cc1cccc(/C=C/CO)c1C. The molecule has 0 aliphatic heterocycles. The second-order valence-corrected chi connectivity index (χ2v) is 2.87. The van der Waals surface area contributed by atoms with Gasteiger partial charge in [0.15, 0.2) is 0 Å². The smallest absolute Gasteiger partial charge is 0.0615 e. The van der Waals surface area contributed by atoms with Crippen molar-refractivity contribution < 1.29 is 5.11 Å². The van der Waals surface area contributed by atoms with Crippen molar-refractivity contribution in [2.24, 2.45) is 0 Å². The fourth-order valence-corrected chi connectivity index (χ4v) is 1.13. The Labute approximate surface area is 73.4 Å². The van der Waals surface area contributed by atoms with E-state index in [0.29, 0.717) is 0 Å². The maximum Gasteiger partial charge on any atom is 0.0615 e. The van der Waals surface area contributed by atoms with Crippen molar-refractivity contribution in [3.05, 3.63) is 41.0 Å². The van der Waals surface area contributed by atoms with E-state index in [1.54, 1.807) is 6.08 Å². The summed E-state index contributed by atoms with van der Waals surface area (Å²) in [5.41, 5.74) is 3.75. The lowest BCUT2D eigenvalue weighted by Gasteiger charge is -2.02. The van der Waals surface area contributed by atoms with Crippen molar-refractivity contribution >= 4 is 6.08 Å². The Morgan fingerprint density at radius 2 is 2.08 bits per heavy atom. The molecule has 0 unspecified atom stereocenters. The zero-order chi connectivity index (χ0) is 8.97. The van der Waals surface area contributed by atoms with Gasteiger partial charge in [-0.15, -0.1) is 0 Å². The molecule has 0 spiro atoms. The van der Waals surface area contributed by atoms with Crippen molar-refractivity contribution in [2.45, 2.75) is 13.8 Å². The molecule has 12 heavy (non-hydrogen) atoms. The lowest BCUT2D eigenvalue weighted by atomic mass is 10.0. The van der Waals surface area contributed by atoms with Crippen molar-refractivity contribution in [1.82, 2.24) is 0 Å². The number of hydrogen-bond donors (Lipinski definition) is 1. The third-order valence-corrected chi connectivity index (χ3v) is 2.05. The average Bonchev–Trinajstić information content (AvgIpc) is 2.08. The highest BCUT2D eigenvalue weighted by molar-refractivity contribution is 5.55. The van der Waals surface area contributed by atoms with Crippen LogP contribution in [0.2, 0.25) is 0 Å². The van der Waals surface area contributed by atoms with Crippen LogP contribution in [0, 0.1) is 13.8 Å². The van der Waals surface area contributed by atoms with Crippen LogP contribution in [-0.4, -0.2) is 11.7 Å². The molecule has 1 aromatic rings. The second-order valence-electron chi connectivity index (χ2n) is 2.87. The predicted octanol–water partition coefficient (Wildman–Crippen LogP) is 2.31. The highest BCUT2D eigenvalue weighted by Crippen LogP contribution is 2.13. The van der Waals surface area contributed by atoms with Gasteiger partial charge < -0.3 is 5.11 Å². The molecule has 0 aliphatic carbocycles. The van der Waals surface area contributed by atoms with Gasteiger partial charge in [0.2, 0.25) is 0 Å². The molecule has 1 heteroatoms. The maximum atomic E-state index is 8.60. The van der Waals surface area contributed by atoms with E-state index in [4.69, 9.17) is 5.11 Å². The standard InChI is InChI=1S/C11H14O/c1-9-5-3-6-11(10(9)2)7-4-8-12/h3-7,12H,8H2,1-2H3/b7-4+. The summed E-state index contributed by atoms with van der Waals surface area (Å²) in [6.07, 6.45) is 3.70. The van der Waals surface area contributed by atoms with E-state index in [9.17, 15) is 0 Å². The first-order valence-electron chi connectivity index (χ1n) is 4.09. The van der Waals surface area contributed by atoms with Crippen molar-refractivity contribution in [1.29, 1.82) is 0 Å². The predicted molar refractivity (Wildman–Crippen MR) is 52.0 cm³/mol. The van der Waals surface area contributed by atoms with E-state index in [2.05, 4.69) is 26.0 Å². The van der Waals surface area contributed by atoms with E-state index in [1.807, 2.05) is 12.1 Å². The Hall–Kier alpha value is -1.08. The first-order chi connectivity index (χ1) is 5.75. The largest absolute Gasteiger partial charge is 0.392 e. The summed E-state index contributed by atoms with van der Waals surface area (Å²) >= 11 is 0. The van der Waals surface area contributed by atoms with Gasteiger partial charge in [-0.3, -0.25) is 0 Å². The van der Waals surface area contributed by atoms with Gasteiger partial charge in [-0.05, 0) is 30.5 Å². The molecule has 1 nitrogen and oxygen atoms in total. The van der Waals surface area contributed by atoms with Crippen LogP contribution >= 0.6 is 0 Å². The van der Waals surface area contributed by atoms with Crippen LogP contribution < -0.4 is 0 Å². The van der Waals surface area contributed by atoms with Gasteiger partial charge in [-0.2, -0.15) is 0 Å². The van der Waals surface area contributed by atoms with Crippen LogP contribution in [0.1, 0.15) is 16.7 Å². The molecule has 1 N–H and O–H groups in total. The highest BCUT2D eigenvalue weighted by atomic mass is 16.2. The molecule has 0 atom stereocenters. The van der Waals surface area contributed by atoms with Crippen LogP contribution in [0.4, 0.5) is 0 Å². The van der Waals surface area contributed by atoms with Crippen LogP contribution in [0.5, 0.6) is 0 Å².